The van der Waals surface area contributed by atoms with Crippen molar-refractivity contribution in [3.8, 4) is 0 Å². The van der Waals surface area contributed by atoms with Crippen molar-refractivity contribution in [3.63, 3.8) is 0 Å². The van der Waals surface area contributed by atoms with Crippen LogP contribution in [-0.4, -0.2) is 36.0 Å². The molecule has 2 N–H and O–H groups in total. The highest BCUT2D eigenvalue weighted by atomic mass is 16.5. The van der Waals surface area contributed by atoms with Gasteiger partial charge in [0.15, 0.2) is 0 Å². The van der Waals surface area contributed by atoms with Crippen LogP contribution in [0.1, 0.15) is 81.1 Å². The Bertz CT molecular complexity index is 357. The first-order chi connectivity index (χ1) is 10.3. The second-order valence-electron chi connectivity index (χ2n) is 10.5. The maximum atomic E-state index is 10.2. The quantitative estimate of drug-likeness (QED) is 0.729. The number of hydrogen-bond donors (Lipinski definition) is 2. The largest absolute Gasteiger partial charge is 0.389 e. The summed E-state index contributed by atoms with van der Waals surface area (Å²) >= 11 is 0. The molecule has 3 unspecified atom stereocenters. The highest BCUT2D eigenvalue weighted by Gasteiger charge is 2.33. The molecule has 3 nitrogen and oxygen atoms in total. The number of β-amino-alcohol motifs (C(OH)–C–C–N with tert-alkyl or cyclic N) is 1. The zero-order valence-electron chi connectivity index (χ0n) is 16.8. The van der Waals surface area contributed by atoms with Crippen LogP contribution in [0.2, 0.25) is 0 Å². The van der Waals surface area contributed by atoms with Gasteiger partial charge in [0.1, 0.15) is 0 Å². The van der Waals surface area contributed by atoms with Crippen LogP contribution in [0.5, 0.6) is 0 Å². The Morgan fingerprint density at radius 1 is 1.17 bits per heavy atom. The van der Waals surface area contributed by atoms with Crippen LogP contribution >= 0.6 is 0 Å². The highest BCUT2D eigenvalue weighted by molar-refractivity contribution is 4.85. The molecule has 0 amide bonds. The van der Waals surface area contributed by atoms with Crippen molar-refractivity contribution in [2.45, 2.75) is 98.8 Å². The molecule has 0 aromatic heterocycles. The SMILES string of the molecule is CC1CC(OCC(O)CNC(C)(C)CC(C)(C)C)CC(C)(C)C1. The third-order valence-corrected chi connectivity index (χ3v) is 4.66. The number of rotatable bonds is 7. The fourth-order valence-electron chi connectivity index (χ4n) is 4.47. The van der Waals surface area contributed by atoms with Gasteiger partial charge >= 0.3 is 0 Å². The van der Waals surface area contributed by atoms with Crippen LogP contribution in [0.3, 0.4) is 0 Å². The van der Waals surface area contributed by atoms with Crippen LogP contribution in [0.4, 0.5) is 0 Å². The first-order valence-electron chi connectivity index (χ1n) is 9.33. The van der Waals surface area contributed by atoms with Crippen molar-refractivity contribution in [1.29, 1.82) is 0 Å². The Kier molecular flexibility index (Phi) is 7.13. The molecule has 1 saturated carbocycles. The van der Waals surface area contributed by atoms with Gasteiger partial charge in [-0.1, -0.05) is 41.5 Å². The van der Waals surface area contributed by atoms with E-state index in [9.17, 15) is 5.11 Å². The van der Waals surface area contributed by atoms with Gasteiger partial charge in [0.2, 0.25) is 0 Å². The van der Waals surface area contributed by atoms with Gasteiger partial charge in [-0.25, -0.2) is 0 Å². The van der Waals surface area contributed by atoms with Crippen molar-refractivity contribution >= 4 is 0 Å². The molecule has 0 radical (unpaired) electrons. The summed E-state index contributed by atoms with van der Waals surface area (Å²) in [5, 5.41) is 13.7. The van der Waals surface area contributed by atoms with Gasteiger partial charge in [0, 0.05) is 12.1 Å². The van der Waals surface area contributed by atoms with Crippen LogP contribution in [0.25, 0.3) is 0 Å². The molecule has 1 rings (SSSR count). The minimum absolute atomic E-state index is 0.0283. The molecule has 0 aromatic carbocycles. The minimum atomic E-state index is -0.436. The first-order valence-corrected chi connectivity index (χ1v) is 9.33. The molecule has 0 heterocycles. The zero-order chi connectivity index (χ0) is 17.9. The summed E-state index contributed by atoms with van der Waals surface area (Å²) in [7, 11) is 0. The minimum Gasteiger partial charge on any atom is -0.389 e. The van der Waals surface area contributed by atoms with E-state index < -0.39 is 6.10 Å². The Morgan fingerprint density at radius 2 is 1.78 bits per heavy atom. The van der Waals surface area contributed by atoms with Crippen molar-refractivity contribution in [2.75, 3.05) is 13.2 Å². The number of hydrogen-bond acceptors (Lipinski definition) is 3. The summed E-state index contributed by atoms with van der Waals surface area (Å²) in [6, 6.07) is 0. The lowest BCUT2D eigenvalue weighted by Gasteiger charge is -2.39. The predicted octanol–water partition coefficient (Wildman–Crippen LogP) is 4.38. The molecule has 0 aliphatic heterocycles. The zero-order valence-corrected chi connectivity index (χ0v) is 16.8. The van der Waals surface area contributed by atoms with Gasteiger partial charge in [0.25, 0.3) is 0 Å². The van der Waals surface area contributed by atoms with Crippen LogP contribution in [0, 0.1) is 16.7 Å². The second kappa shape index (κ2) is 7.84. The lowest BCUT2D eigenvalue weighted by molar-refractivity contribution is -0.0561. The predicted molar refractivity (Wildman–Crippen MR) is 98.7 cm³/mol. The van der Waals surface area contributed by atoms with Crippen LogP contribution in [0.15, 0.2) is 0 Å². The molecule has 0 aromatic rings. The summed E-state index contributed by atoms with van der Waals surface area (Å²) < 4.78 is 6.03. The lowest BCUT2D eigenvalue weighted by atomic mass is 9.71. The molecule has 23 heavy (non-hydrogen) atoms. The second-order valence-corrected chi connectivity index (χ2v) is 10.5. The summed E-state index contributed by atoms with van der Waals surface area (Å²) in [6.45, 7) is 19.2. The third kappa shape index (κ3) is 9.07. The number of ether oxygens (including phenoxy) is 1. The molecule has 0 bridgehead atoms. The Morgan fingerprint density at radius 3 is 2.30 bits per heavy atom. The summed E-state index contributed by atoms with van der Waals surface area (Å²) in [5.74, 6) is 0.713. The molecule has 138 valence electrons. The van der Waals surface area contributed by atoms with E-state index in [0.717, 1.165) is 19.3 Å². The smallest absolute Gasteiger partial charge is 0.0898 e. The molecule has 1 aliphatic rings. The molecular formula is C20H41NO2. The van der Waals surface area contributed by atoms with Crippen molar-refractivity contribution in [2.24, 2.45) is 16.7 Å². The molecule has 3 atom stereocenters. The van der Waals surface area contributed by atoms with E-state index in [1.807, 2.05) is 0 Å². The van der Waals surface area contributed by atoms with Crippen LogP contribution < -0.4 is 5.32 Å². The number of aliphatic hydroxyl groups is 1. The third-order valence-electron chi connectivity index (χ3n) is 4.66. The normalized spacial score (nSPS) is 27.0. The molecule has 0 spiro atoms. The van der Waals surface area contributed by atoms with Crippen molar-refractivity contribution in [3.05, 3.63) is 0 Å². The van der Waals surface area contributed by atoms with Crippen molar-refractivity contribution in [1.82, 2.24) is 5.32 Å². The number of nitrogens with one attached hydrogen (secondary N) is 1. The standard InChI is InChI=1S/C20H41NO2/c1-15-9-17(11-19(5,6)10-15)23-13-16(22)12-21-20(7,8)14-18(2,3)4/h15-17,21-22H,9-14H2,1-8H3. The monoisotopic (exact) mass is 327 g/mol. The van der Waals surface area contributed by atoms with E-state index in [1.165, 1.54) is 6.42 Å². The van der Waals surface area contributed by atoms with E-state index in [2.05, 4.69) is 60.7 Å². The number of aliphatic hydroxyl groups excluding tert-OH is 1. The Hall–Kier alpha value is -0.120. The van der Waals surface area contributed by atoms with E-state index in [-0.39, 0.29) is 11.0 Å². The molecule has 0 saturated heterocycles. The maximum Gasteiger partial charge on any atom is 0.0898 e. The van der Waals surface area contributed by atoms with Gasteiger partial charge in [-0.05, 0) is 56.3 Å². The van der Waals surface area contributed by atoms with E-state index in [1.54, 1.807) is 0 Å². The van der Waals surface area contributed by atoms with Gasteiger partial charge in [-0.15, -0.1) is 0 Å². The van der Waals surface area contributed by atoms with Crippen molar-refractivity contribution < 1.29 is 9.84 Å². The average Bonchev–Trinajstić information content (AvgIpc) is 2.28. The Labute approximate surface area is 144 Å². The fourth-order valence-corrected chi connectivity index (χ4v) is 4.47. The molecule has 3 heteroatoms. The molecule has 1 fully saturated rings. The van der Waals surface area contributed by atoms with E-state index >= 15 is 0 Å². The topological polar surface area (TPSA) is 41.5 Å². The van der Waals surface area contributed by atoms with E-state index in [0.29, 0.717) is 30.6 Å². The summed E-state index contributed by atoms with van der Waals surface area (Å²) in [6.07, 6.45) is 4.44. The summed E-state index contributed by atoms with van der Waals surface area (Å²) in [5.41, 5.74) is 0.669. The first kappa shape index (κ1) is 20.9. The van der Waals surface area contributed by atoms with Gasteiger partial charge < -0.3 is 15.2 Å². The van der Waals surface area contributed by atoms with Gasteiger partial charge in [-0.3, -0.25) is 0 Å². The fraction of sp³-hybridized carbons (Fsp3) is 1.00. The van der Waals surface area contributed by atoms with Crippen LogP contribution in [-0.2, 0) is 4.74 Å². The van der Waals surface area contributed by atoms with E-state index in [4.69, 9.17) is 4.74 Å². The van der Waals surface area contributed by atoms with Gasteiger partial charge in [-0.2, -0.15) is 0 Å². The summed E-state index contributed by atoms with van der Waals surface area (Å²) in [4.78, 5) is 0. The maximum absolute atomic E-state index is 10.2. The Balaban J connectivity index is 2.33. The molecule has 1 aliphatic carbocycles. The van der Waals surface area contributed by atoms with Gasteiger partial charge in [0.05, 0.1) is 18.8 Å². The highest BCUT2D eigenvalue weighted by Crippen LogP contribution is 2.39. The lowest BCUT2D eigenvalue weighted by Crippen LogP contribution is -2.46. The average molecular weight is 328 g/mol. The molecular weight excluding hydrogens is 286 g/mol.